The number of rotatable bonds is 2. The molecule has 82 valence electrons. The molecule has 2 rings (SSSR count). The zero-order valence-electron chi connectivity index (χ0n) is 8.42. The standard InChI is InChI=1S/C11H10N2O3/c14-10-5-6-12-11(7-10)8-1-3-9(4-2-8)13(15)16/h1-6,11-12H,7H2. The van der Waals surface area contributed by atoms with Gasteiger partial charge in [-0.3, -0.25) is 14.9 Å². The highest BCUT2D eigenvalue weighted by Gasteiger charge is 2.17. The Kier molecular flexibility index (Phi) is 2.68. The quantitative estimate of drug-likeness (QED) is 0.605. The lowest BCUT2D eigenvalue weighted by Gasteiger charge is -2.19. The first-order chi connectivity index (χ1) is 7.66. The topological polar surface area (TPSA) is 72.2 Å². The fourth-order valence-corrected chi connectivity index (χ4v) is 1.63. The lowest BCUT2D eigenvalue weighted by atomic mass is 9.99. The van der Waals surface area contributed by atoms with Crippen LogP contribution in [0.2, 0.25) is 0 Å². The molecule has 1 aliphatic rings. The van der Waals surface area contributed by atoms with E-state index in [1.807, 2.05) is 0 Å². The molecule has 1 aromatic rings. The number of benzene rings is 1. The number of nitro benzene ring substituents is 1. The van der Waals surface area contributed by atoms with Crippen molar-refractivity contribution in [2.75, 3.05) is 0 Å². The first-order valence-electron chi connectivity index (χ1n) is 4.86. The zero-order valence-corrected chi connectivity index (χ0v) is 8.42. The highest BCUT2D eigenvalue weighted by molar-refractivity contribution is 5.90. The SMILES string of the molecule is O=C1C=CNC(c2ccc([N+](=O)[O-])cc2)C1. The summed E-state index contributed by atoms with van der Waals surface area (Å²) in [4.78, 5) is 21.2. The molecular formula is C11H10N2O3. The number of nitro groups is 1. The largest absolute Gasteiger partial charge is 0.384 e. The van der Waals surface area contributed by atoms with Crippen LogP contribution in [0.5, 0.6) is 0 Å². The molecule has 1 unspecified atom stereocenters. The summed E-state index contributed by atoms with van der Waals surface area (Å²) in [7, 11) is 0. The predicted molar refractivity (Wildman–Crippen MR) is 57.7 cm³/mol. The Morgan fingerprint density at radius 1 is 1.31 bits per heavy atom. The molecule has 0 bridgehead atoms. The summed E-state index contributed by atoms with van der Waals surface area (Å²) in [5.74, 6) is 0.0575. The molecule has 1 heterocycles. The van der Waals surface area contributed by atoms with Gasteiger partial charge in [0.1, 0.15) is 0 Å². The van der Waals surface area contributed by atoms with Gasteiger partial charge in [0.05, 0.1) is 11.0 Å². The molecule has 0 fully saturated rings. The molecule has 0 radical (unpaired) electrons. The normalized spacial score (nSPS) is 19.2. The number of nitrogens with zero attached hydrogens (tertiary/aromatic N) is 1. The van der Waals surface area contributed by atoms with E-state index in [4.69, 9.17) is 0 Å². The second-order valence-electron chi connectivity index (χ2n) is 3.57. The molecule has 0 saturated carbocycles. The summed E-state index contributed by atoms with van der Waals surface area (Å²) in [6.07, 6.45) is 3.48. The van der Waals surface area contributed by atoms with Crippen LogP contribution in [0.3, 0.4) is 0 Å². The van der Waals surface area contributed by atoms with E-state index in [9.17, 15) is 14.9 Å². The van der Waals surface area contributed by atoms with E-state index in [0.717, 1.165) is 5.56 Å². The van der Waals surface area contributed by atoms with E-state index < -0.39 is 4.92 Å². The maximum atomic E-state index is 11.2. The van der Waals surface area contributed by atoms with Gasteiger partial charge in [-0.05, 0) is 11.6 Å². The van der Waals surface area contributed by atoms with Crippen LogP contribution in [0, 0.1) is 10.1 Å². The molecule has 0 spiro atoms. The molecule has 0 aliphatic carbocycles. The monoisotopic (exact) mass is 218 g/mol. The highest BCUT2D eigenvalue weighted by atomic mass is 16.6. The summed E-state index contributed by atoms with van der Waals surface area (Å²) in [6, 6.07) is 6.14. The van der Waals surface area contributed by atoms with Crippen LogP contribution in [0.25, 0.3) is 0 Å². The average molecular weight is 218 g/mol. The highest BCUT2D eigenvalue weighted by Crippen LogP contribution is 2.22. The van der Waals surface area contributed by atoms with E-state index in [2.05, 4.69) is 5.32 Å². The lowest BCUT2D eigenvalue weighted by Crippen LogP contribution is -2.22. The van der Waals surface area contributed by atoms with Gasteiger partial charge < -0.3 is 5.32 Å². The van der Waals surface area contributed by atoms with Gasteiger partial charge in [0, 0.05) is 24.8 Å². The van der Waals surface area contributed by atoms with Gasteiger partial charge in [0.2, 0.25) is 0 Å². The Morgan fingerprint density at radius 3 is 2.56 bits per heavy atom. The van der Waals surface area contributed by atoms with Crippen molar-refractivity contribution in [3.63, 3.8) is 0 Å². The van der Waals surface area contributed by atoms with Gasteiger partial charge in [0.25, 0.3) is 5.69 Å². The Balaban J connectivity index is 2.19. The zero-order chi connectivity index (χ0) is 11.5. The van der Waals surface area contributed by atoms with Crippen molar-refractivity contribution >= 4 is 11.5 Å². The molecule has 1 N–H and O–H groups in total. The minimum atomic E-state index is -0.441. The molecule has 1 atom stereocenters. The molecule has 5 heteroatoms. The first kappa shape index (κ1) is 10.4. The van der Waals surface area contributed by atoms with Crippen LogP contribution < -0.4 is 5.32 Å². The second-order valence-corrected chi connectivity index (χ2v) is 3.57. The number of carbonyl (C=O) groups excluding carboxylic acids is 1. The third kappa shape index (κ3) is 2.08. The van der Waals surface area contributed by atoms with Gasteiger partial charge in [-0.1, -0.05) is 12.1 Å². The van der Waals surface area contributed by atoms with Crippen LogP contribution in [-0.4, -0.2) is 10.7 Å². The number of hydrogen-bond acceptors (Lipinski definition) is 4. The van der Waals surface area contributed by atoms with Gasteiger partial charge in [-0.2, -0.15) is 0 Å². The Morgan fingerprint density at radius 2 is 2.00 bits per heavy atom. The van der Waals surface area contributed by atoms with Gasteiger partial charge in [-0.25, -0.2) is 0 Å². The van der Waals surface area contributed by atoms with Crippen molar-refractivity contribution in [2.45, 2.75) is 12.5 Å². The number of non-ortho nitro benzene ring substituents is 1. The third-order valence-electron chi connectivity index (χ3n) is 2.48. The van der Waals surface area contributed by atoms with E-state index in [0.29, 0.717) is 6.42 Å². The number of ketones is 1. The van der Waals surface area contributed by atoms with Crippen molar-refractivity contribution in [1.82, 2.24) is 5.32 Å². The van der Waals surface area contributed by atoms with Crippen molar-refractivity contribution in [3.05, 3.63) is 52.2 Å². The average Bonchev–Trinajstić information content (AvgIpc) is 2.29. The van der Waals surface area contributed by atoms with Crippen molar-refractivity contribution in [1.29, 1.82) is 0 Å². The maximum absolute atomic E-state index is 11.2. The maximum Gasteiger partial charge on any atom is 0.269 e. The smallest absolute Gasteiger partial charge is 0.269 e. The summed E-state index contributed by atoms with van der Waals surface area (Å²) in [5.41, 5.74) is 0.935. The van der Waals surface area contributed by atoms with E-state index in [1.165, 1.54) is 18.2 Å². The molecule has 5 nitrogen and oxygen atoms in total. The number of hydrogen-bond donors (Lipinski definition) is 1. The number of allylic oxidation sites excluding steroid dienone is 1. The van der Waals surface area contributed by atoms with Crippen LogP contribution >= 0.6 is 0 Å². The van der Waals surface area contributed by atoms with E-state index in [-0.39, 0.29) is 17.5 Å². The van der Waals surface area contributed by atoms with Crippen LogP contribution in [-0.2, 0) is 4.79 Å². The molecule has 0 amide bonds. The minimum Gasteiger partial charge on any atom is -0.384 e. The Bertz CT molecular complexity index is 451. The minimum absolute atomic E-state index is 0.0569. The van der Waals surface area contributed by atoms with Crippen molar-refractivity contribution < 1.29 is 9.72 Å². The molecule has 0 saturated heterocycles. The fraction of sp³-hybridized carbons (Fsp3) is 0.182. The summed E-state index contributed by atoms with van der Waals surface area (Å²) >= 11 is 0. The summed E-state index contributed by atoms with van der Waals surface area (Å²) < 4.78 is 0. The second kappa shape index (κ2) is 4.14. The van der Waals surface area contributed by atoms with Crippen LogP contribution in [0.1, 0.15) is 18.0 Å². The van der Waals surface area contributed by atoms with Crippen LogP contribution in [0.15, 0.2) is 36.5 Å². The van der Waals surface area contributed by atoms with Crippen molar-refractivity contribution in [3.8, 4) is 0 Å². The molecule has 0 aromatic heterocycles. The summed E-state index contributed by atoms with van der Waals surface area (Å²) in [5, 5.41) is 13.5. The molecule has 1 aromatic carbocycles. The van der Waals surface area contributed by atoms with E-state index in [1.54, 1.807) is 18.3 Å². The van der Waals surface area contributed by atoms with Crippen molar-refractivity contribution in [2.24, 2.45) is 0 Å². The number of nitrogens with one attached hydrogen (secondary N) is 1. The molecule has 1 aliphatic heterocycles. The lowest BCUT2D eigenvalue weighted by molar-refractivity contribution is -0.384. The Labute approximate surface area is 91.9 Å². The number of carbonyl (C=O) groups is 1. The van der Waals surface area contributed by atoms with Gasteiger partial charge in [-0.15, -0.1) is 0 Å². The van der Waals surface area contributed by atoms with Gasteiger partial charge >= 0.3 is 0 Å². The Hall–Kier alpha value is -2.17. The fourth-order valence-electron chi connectivity index (χ4n) is 1.63. The third-order valence-corrected chi connectivity index (χ3v) is 2.48. The predicted octanol–water partition coefficient (Wildman–Crippen LogP) is 1.71. The van der Waals surface area contributed by atoms with Crippen LogP contribution in [0.4, 0.5) is 5.69 Å². The first-order valence-corrected chi connectivity index (χ1v) is 4.86. The van der Waals surface area contributed by atoms with E-state index >= 15 is 0 Å². The van der Waals surface area contributed by atoms with Gasteiger partial charge in [0.15, 0.2) is 5.78 Å². The summed E-state index contributed by atoms with van der Waals surface area (Å²) in [6.45, 7) is 0. The molecule has 16 heavy (non-hydrogen) atoms. The molecular weight excluding hydrogens is 208 g/mol.